The Kier molecular flexibility index (Phi) is 16.9. The van der Waals surface area contributed by atoms with Gasteiger partial charge in [0.1, 0.15) is 11.5 Å². The van der Waals surface area contributed by atoms with Crippen LogP contribution in [0.3, 0.4) is 0 Å². The van der Waals surface area contributed by atoms with E-state index < -0.39 is 0 Å². The van der Waals surface area contributed by atoms with Crippen molar-refractivity contribution in [2.24, 2.45) is 11.7 Å². The number of carbonyl (C=O) groups excluding carboxylic acids is 2. The van der Waals surface area contributed by atoms with Gasteiger partial charge in [0, 0.05) is 42.8 Å². The van der Waals surface area contributed by atoms with Gasteiger partial charge in [-0.05, 0) is 68.3 Å². The predicted octanol–water partition coefficient (Wildman–Crippen LogP) is 6.62. The van der Waals surface area contributed by atoms with E-state index in [2.05, 4.69) is 59.9 Å². The Labute approximate surface area is 260 Å². The van der Waals surface area contributed by atoms with Crippen LogP contribution >= 0.6 is 0 Å². The van der Waals surface area contributed by atoms with Crippen LogP contribution in [0.4, 0.5) is 0 Å². The van der Waals surface area contributed by atoms with Crippen molar-refractivity contribution in [3.8, 4) is 11.8 Å². The second-order valence-electron chi connectivity index (χ2n) is 11.6. The molecule has 3 N–H and O–H groups in total. The van der Waals surface area contributed by atoms with E-state index in [4.69, 9.17) is 5.73 Å². The summed E-state index contributed by atoms with van der Waals surface area (Å²) in [5, 5.41) is 3.29. The van der Waals surface area contributed by atoms with Crippen LogP contribution in [-0.2, 0) is 17.8 Å². The molecule has 2 aromatic rings. The van der Waals surface area contributed by atoms with Crippen LogP contribution < -0.4 is 11.1 Å². The number of benzene rings is 1. The molecule has 0 fully saturated rings. The molecule has 2 rings (SSSR count). The average molecular weight is 585 g/mol. The maximum Gasteiger partial charge on any atom is 0.181 e. The molecule has 1 atom stereocenters. The van der Waals surface area contributed by atoms with E-state index in [1.807, 2.05) is 31.9 Å². The molecule has 0 saturated carbocycles. The number of hydrogen-bond acceptors (Lipinski definition) is 6. The number of carbonyl (C=O) groups is 2. The van der Waals surface area contributed by atoms with E-state index in [1.54, 1.807) is 18.2 Å². The van der Waals surface area contributed by atoms with Crippen molar-refractivity contribution >= 4 is 11.6 Å². The third kappa shape index (κ3) is 15.0. The Morgan fingerprint density at radius 2 is 1.70 bits per heavy atom. The summed E-state index contributed by atoms with van der Waals surface area (Å²) < 4.78 is 0. The van der Waals surface area contributed by atoms with Crippen LogP contribution in [0, 0.1) is 17.8 Å². The van der Waals surface area contributed by atoms with E-state index >= 15 is 0 Å². The largest absolute Gasteiger partial charge is 0.401 e. The highest BCUT2D eigenvalue weighted by molar-refractivity contribution is 5.95. The van der Waals surface area contributed by atoms with E-state index in [0.29, 0.717) is 30.9 Å². The quantitative estimate of drug-likeness (QED) is 0.0787. The molecule has 1 aromatic heterocycles. The topological polar surface area (TPSA) is 88.3 Å². The van der Waals surface area contributed by atoms with Gasteiger partial charge in [0.15, 0.2) is 5.78 Å². The summed E-state index contributed by atoms with van der Waals surface area (Å²) in [4.78, 5) is 32.3. The lowest BCUT2D eigenvalue weighted by Gasteiger charge is -2.17. The second-order valence-corrected chi connectivity index (χ2v) is 11.6. The van der Waals surface area contributed by atoms with Crippen LogP contribution in [0.1, 0.15) is 105 Å². The Morgan fingerprint density at radius 3 is 2.40 bits per heavy atom. The Balaban J connectivity index is 2.02. The van der Waals surface area contributed by atoms with Gasteiger partial charge in [-0.25, -0.2) is 4.98 Å². The van der Waals surface area contributed by atoms with Crippen molar-refractivity contribution < 1.29 is 9.59 Å². The maximum atomic E-state index is 13.2. The van der Waals surface area contributed by atoms with Crippen molar-refractivity contribution in [3.63, 3.8) is 0 Å². The summed E-state index contributed by atoms with van der Waals surface area (Å²) in [6.07, 6.45) is 12.8. The van der Waals surface area contributed by atoms with E-state index in [9.17, 15) is 9.59 Å². The molecule has 1 heterocycles. The zero-order valence-corrected chi connectivity index (χ0v) is 26.9. The number of rotatable bonds is 20. The fourth-order valence-electron chi connectivity index (χ4n) is 4.97. The number of unbranched alkanes of at least 4 members (excludes halogenated alkanes) is 5. The lowest BCUT2D eigenvalue weighted by Crippen LogP contribution is -2.30. The number of nitrogens with zero attached hydrogens (tertiary/aromatic N) is 2. The molecule has 0 spiro atoms. The van der Waals surface area contributed by atoms with Gasteiger partial charge in [0.25, 0.3) is 0 Å². The average Bonchev–Trinajstić information content (AvgIpc) is 2.97. The number of aromatic nitrogens is 1. The first-order valence-electron chi connectivity index (χ1n) is 15.9. The molecule has 0 radical (unpaired) electrons. The zero-order chi connectivity index (χ0) is 31.5. The molecule has 0 aliphatic carbocycles. The molecule has 0 saturated heterocycles. The summed E-state index contributed by atoms with van der Waals surface area (Å²) >= 11 is 0. The number of hydrogen-bond donors (Lipinski definition) is 2. The Hall–Kier alpha value is -3.53. The highest BCUT2D eigenvalue weighted by Crippen LogP contribution is 2.16. The molecule has 0 aliphatic heterocycles. The van der Waals surface area contributed by atoms with Crippen LogP contribution in [-0.4, -0.2) is 48.1 Å². The number of pyridine rings is 1. The van der Waals surface area contributed by atoms with Crippen LogP contribution in [0.2, 0.25) is 0 Å². The minimum absolute atomic E-state index is 0.0765. The van der Waals surface area contributed by atoms with Crippen molar-refractivity contribution in [3.05, 3.63) is 88.9 Å². The molecule has 0 bridgehead atoms. The third-order valence-electron chi connectivity index (χ3n) is 7.18. The van der Waals surface area contributed by atoms with Crippen LogP contribution in [0.5, 0.6) is 0 Å². The highest BCUT2D eigenvalue weighted by atomic mass is 16.1. The summed E-state index contributed by atoms with van der Waals surface area (Å²) in [6, 6.07) is 12.2. The summed E-state index contributed by atoms with van der Waals surface area (Å²) in [7, 11) is 1.85. The van der Waals surface area contributed by atoms with Gasteiger partial charge in [0.2, 0.25) is 0 Å². The van der Waals surface area contributed by atoms with Gasteiger partial charge < -0.3 is 11.1 Å². The summed E-state index contributed by atoms with van der Waals surface area (Å²) in [5.41, 5.74) is 10.8. The molecule has 0 amide bonds. The zero-order valence-electron chi connectivity index (χ0n) is 26.9. The number of nitrogens with one attached hydrogen (secondary N) is 1. The number of aryl methyl sites for hydroxylation is 1. The van der Waals surface area contributed by atoms with E-state index in [-0.39, 0.29) is 30.4 Å². The van der Waals surface area contributed by atoms with Crippen molar-refractivity contribution in [1.82, 2.24) is 15.2 Å². The molecule has 6 heteroatoms. The monoisotopic (exact) mass is 584 g/mol. The first kappa shape index (κ1) is 35.7. The van der Waals surface area contributed by atoms with Crippen molar-refractivity contribution in [1.29, 1.82) is 0 Å². The predicted molar refractivity (Wildman–Crippen MR) is 179 cm³/mol. The Morgan fingerprint density at radius 1 is 1.00 bits per heavy atom. The minimum Gasteiger partial charge on any atom is -0.401 e. The van der Waals surface area contributed by atoms with E-state index in [1.165, 1.54) is 44.1 Å². The maximum absolute atomic E-state index is 13.2. The first-order chi connectivity index (χ1) is 20.7. The smallest absolute Gasteiger partial charge is 0.181 e. The van der Waals surface area contributed by atoms with Gasteiger partial charge in [-0.3, -0.25) is 14.5 Å². The number of likely N-dealkylation sites (N-methyl/N-ethyl adjacent to an activating group) is 1. The first-order valence-corrected chi connectivity index (χ1v) is 15.9. The van der Waals surface area contributed by atoms with Gasteiger partial charge in [-0.1, -0.05) is 89.5 Å². The fraction of sp³-hybridized carbons (Fsp3) is 0.486. The third-order valence-corrected chi connectivity index (χ3v) is 7.18. The molecular formula is C37H52N4O2. The van der Waals surface area contributed by atoms with Crippen molar-refractivity contribution in [2.45, 2.75) is 85.1 Å². The normalized spacial score (nSPS) is 12.1. The van der Waals surface area contributed by atoms with Gasteiger partial charge >= 0.3 is 0 Å². The Bertz CT molecular complexity index is 1250. The van der Waals surface area contributed by atoms with Gasteiger partial charge in [0.05, 0.1) is 12.2 Å². The SMILES string of the molecule is C=C/C=C(\N)CN(C)CC(=O)C[C@@H](C)CC(=O)c1cc(C#Cc2ccc(CCCCCCCC)cc2)cc(CNCC)n1. The molecule has 0 unspecified atom stereocenters. The standard InChI is InChI=1S/C37H52N4O2/c1-6-9-10-11-12-13-15-30-16-18-31(19-17-30)20-21-32-24-34(26-39-8-3)40-36(25-32)37(43)23-29(4)22-35(42)28-41(5)27-33(38)14-7-2/h7,14,16-19,24-25,29,39H,2,6,8-13,15,22-23,26-28,38H2,1,3-5H3/b33-14-/t29-/m1/s1. The van der Waals surface area contributed by atoms with Gasteiger partial charge in [-0.2, -0.15) is 0 Å². The summed E-state index contributed by atoms with van der Waals surface area (Å²) in [5.74, 6) is 6.40. The number of ketones is 2. The number of nitrogens with two attached hydrogens (primary N) is 1. The lowest BCUT2D eigenvalue weighted by molar-refractivity contribution is -0.120. The highest BCUT2D eigenvalue weighted by Gasteiger charge is 2.18. The van der Waals surface area contributed by atoms with Crippen molar-refractivity contribution in [2.75, 3.05) is 26.7 Å². The fourth-order valence-corrected chi connectivity index (χ4v) is 4.97. The molecule has 6 nitrogen and oxygen atoms in total. The molecule has 232 valence electrons. The van der Waals surface area contributed by atoms with E-state index in [0.717, 1.165) is 29.8 Å². The number of Topliss-reactive ketones (excluding diaryl/α,β-unsaturated/α-hetero) is 2. The molecular weight excluding hydrogens is 532 g/mol. The molecule has 1 aromatic carbocycles. The number of allylic oxidation sites excluding steroid dienone is 2. The minimum atomic E-state index is -0.0990. The molecule has 0 aliphatic rings. The van der Waals surface area contributed by atoms with Crippen LogP contribution in [0.15, 0.2) is 60.8 Å². The summed E-state index contributed by atoms with van der Waals surface area (Å²) in [6.45, 7) is 12.0. The van der Waals surface area contributed by atoms with Crippen LogP contribution in [0.25, 0.3) is 0 Å². The van der Waals surface area contributed by atoms with Gasteiger partial charge in [-0.15, -0.1) is 0 Å². The second kappa shape index (κ2) is 20.4. The lowest BCUT2D eigenvalue weighted by atomic mass is 9.96. The molecule has 43 heavy (non-hydrogen) atoms.